The highest BCUT2D eigenvalue weighted by Gasteiger charge is 2.06. The number of hydrogen-bond donors (Lipinski definition) is 1. The molecule has 0 fully saturated rings. The molecule has 0 aromatic heterocycles. The summed E-state index contributed by atoms with van der Waals surface area (Å²) in [6.07, 6.45) is 0. The molecule has 19 heavy (non-hydrogen) atoms. The van der Waals surface area contributed by atoms with Crippen LogP contribution in [0.15, 0.2) is 42.5 Å². The summed E-state index contributed by atoms with van der Waals surface area (Å²) in [4.78, 5) is 0.271. The average molecular weight is 296 g/mol. The summed E-state index contributed by atoms with van der Waals surface area (Å²) in [5.41, 5.74) is 7.05. The Balaban J connectivity index is 2.14. The quantitative estimate of drug-likeness (QED) is 0.874. The zero-order valence-corrected chi connectivity index (χ0v) is 11.5. The van der Waals surface area contributed by atoms with Gasteiger partial charge in [-0.3, -0.25) is 0 Å². The number of halogens is 2. The van der Waals surface area contributed by atoms with Gasteiger partial charge in [0.25, 0.3) is 0 Å². The molecule has 2 N–H and O–H groups in total. The maximum Gasteiger partial charge on any atom is 0.141 e. The summed E-state index contributed by atoms with van der Waals surface area (Å²) in [5.74, 6) is 0.143. The van der Waals surface area contributed by atoms with E-state index in [9.17, 15) is 4.39 Å². The van der Waals surface area contributed by atoms with Crippen molar-refractivity contribution >= 4 is 28.8 Å². The number of thiocarbonyl (C=S) groups is 1. The van der Waals surface area contributed by atoms with Gasteiger partial charge in [-0.2, -0.15) is 0 Å². The Hall–Kier alpha value is -1.65. The van der Waals surface area contributed by atoms with Crippen LogP contribution < -0.4 is 10.5 Å². The lowest BCUT2D eigenvalue weighted by molar-refractivity contribution is 0.305. The van der Waals surface area contributed by atoms with Crippen LogP contribution in [0, 0.1) is 5.82 Å². The van der Waals surface area contributed by atoms with E-state index in [1.807, 2.05) is 12.1 Å². The fourth-order valence-corrected chi connectivity index (χ4v) is 1.96. The van der Waals surface area contributed by atoms with Crippen LogP contribution in [0.3, 0.4) is 0 Å². The summed E-state index contributed by atoms with van der Waals surface area (Å²) >= 11 is 10.7. The van der Waals surface area contributed by atoms with E-state index in [1.54, 1.807) is 18.2 Å². The van der Waals surface area contributed by atoms with Crippen molar-refractivity contribution < 1.29 is 9.13 Å². The molecule has 0 radical (unpaired) electrons. The van der Waals surface area contributed by atoms with Crippen molar-refractivity contribution in [2.45, 2.75) is 6.61 Å². The summed E-state index contributed by atoms with van der Waals surface area (Å²) in [6, 6.07) is 11.7. The van der Waals surface area contributed by atoms with Crippen molar-refractivity contribution in [1.82, 2.24) is 0 Å². The van der Waals surface area contributed by atoms with Crippen molar-refractivity contribution in [2.24, 2.45) is 5.73 Å². The largest absolute Gasteiger partial charge is 0.488 e. The predicted octanol–water partition coefficient (Wildman–Crippen LogP) is 3.69. The van der Waals surface area contributed by atoms with E-state index in [4.69, 9.17) is 34.3 Å². The lowest BCUT2D eigenvalue weighted by Gasteiger charge is -2.10. The molecule has 0 saturated heterocycles. The van der Waals surface area contributed by atoms with E-state index >= 15 is 0 Å². The third-order valence-electron chi connectivity index (χ3n) is 2.53. The Kier molecular flexibility index (Phi) is 4.35. The van der Waals surface area contributed by atoms with Crippen LogP contribution in [0.5, 0.6) is 5.75 Å². The standard InChI is InChI=1S/C14H11ClFNOS/c15-11-7-9(5-6-12(11)16)8-18-13-4-2-1-3-10(13)14(17)19/h1-7H,8H2,(H2,17,19). The van der Waals surface area contributed by atoms with Crippen LogP contribution in [-0.2, 0) is 6.61 Å². The molecular weight excluding hydrogens is 285 g/mol. The zero-order valence-electron chi connectivity index (χ0n) is 9.90. The SMILES string of the molecule is NC(=S)c1ccccc1OCc1ccc(F)c(Cl)c1. The summed E-state index contributed by atoms with van der Waals surface area (Å²) in [6.45, 7) is 0.264. The minimum Gasteiger partial charge on any atom is -0.488 e. The molecule has 2 nitrogen and oxygen atoms in total. The molecule has 2 rings (SSSR count). The van der Waals surface area contributed by atoms with Gasteiger partial charge >= 0.3 is 0 Å². The molecule has 0 atom stereocenters. The van der Waals surface area contributed by atoms with Gasteiger partial charge in [-0.05, 0) is 29.8 Å². The molecule has 0 heterocycles. The number of hydrogen-bond acceptors (Lipinski definition) is 2. The number of para-hydroxylation sites is 1. The molecule has 0 aliphatic rings. The van der Waals surface area contributed by atoms with Crippen LogP contribution in [0.4, 0.5) is 4.39 Å². The van der Waals surface area contributed by atoms with Crippen LogP contribution >= 0.6 is 23.8 Å². The number of nitrogens with two attached hydrogens (primary N) is 1. The van der Waals surface area contributed by atoms with Gasteiger partial charge in [0.1, 0.15) is 23.2 Å². The first kappa shape index (κ1) is 13.8. The van der Waals surface area contributed by atoms with Gasteiger partial charge in [0.15, 0.2) is 0 Å². The van der Waals surface area contributed by atoms with Crippen LogP contribution in [0.2, 0.25) is 5.02 Å². The van der Waals surface area contributed by atoms with Gasteiger partial charge in [-0.25, -0.2) is 4.39 Å². The van der Waals surface area contributed by atoms with Crippen molar-refractivity contribution in [3.05, 3.63) is 64.4 Å². The lowest BCUT2D eigenvalue weighted by atomic mass is 10.2. The van der Waals surface area contributed by atoms with Crippen molar-refractivity contribution in [2.75, 3.05) is 0 Å². The summed E-state index contributed by atoms with van der Waals surface area (Å²) < 4.78 is 18.7. The molecule has 0 bridgehead atoms. The smallest absolute Gasteiger partial charge is 0.141 e. The fraction of sp³-hybridized carbons (Fsp3) is 0.0714. The Labute approximate surface area is 120 Å². The number of ether oxygens (including phenoxy) is 1. The first-order chi connectivity index (χ1) is 9.08. The minimum absolute atomic E-state index is 0.0729. The van der Waals surface area contributed by atoms with E-state index < -0.39 is 5.82 Å². The van der Waals surface area contributed by atoms with E-state index in [1.165, 1.54) is 12.1 Å². The molecule has 0 aliphatic heterocycles. The van der Waals surface area contributed by atoms with Crippen molar-refractivity contribution in [3.8, 4) is 5.75 Å². The first-order valence-corrected chi connectivity index (χ1v) is 6.32. The molecule has 2 aromatic carbocycles. The Morgan fingerprint density at radius 2 is 2.00 bits per heavy atom. The molecule has 0 unspecified atom stereocenters. The Morgan fingerprint density at radius 3 is 2.68 bits per heavy atom. The third kappa shape index (κ3) is 3.43. The number of rotatable bonds is 4. The summed E-state index contributed by atoms with van der Waals surface area (Å²) in [7, 11) is 0. The molecule has 0 saturated carbocycles. The van der Waals surface area contributed by atoms with Crippen molar-refractivity contribution in [3.63, 3.8) is 0 Å². The fourth-order valence-electron chi connectivity index (χ4n) is 1.59. The zero-order chi connectivity index (χ0) is 13.8. The highest BCUT2D eigenvalue weighted by atomic mass is 35.5. The predicted molar refractivity (Wildman–Crippen MR) is 78.1 cm³/mol. The van der Waals surface area contributed by atoms with E-state index in [0.717, 1.165) is 5.56 Å². The van der Waals surface area contributed by atoms with E-state index in [2.05, 4.69) is 0 Å². The van der Waals surface area contributed by atoms with Crippen LogP contribution in [0.1, 0.15) is 11.1 Å². The molecule has 5 heteroatoms. The molecule has 0 amide bonds. The van der Waals surface area contributed by atoms with E-state index in [0.29, 0.717) is 11.3 Å². The normalized spacial score (nSPS) is 10.2. The monoisotopic (exact) mass is 295 g/mol. The molecule has 2 aromatic rings. The lowest BCUT2D eigenvalue weighted by Crippen LogP contribution is -2.11. The van der Waals surface area contributed by atoms with Gasteiger partial charge in [0.2, 0.25) is 0 Å². The second-order valence-corrected chi connectivity index (χ2v) is 4.74. The van der Waals surface area contributed by atoms with Gasteiger partial charge in [0.05, 0.1) is 10.6 Å². The maximum atomic E-state index is 13.0. The molecule has 0 aliphatic carbocycles. The second-order valence-electron chi connectivity index (χ2n) is 3.90. The maximum absolute atomic E-state index is 13.0. The van der Waals surface area contributed by atoms with Crippen LogP contribution in [0.25, 0.3) is 0 Å². The average Bonchev–Trinajstić information content (AvgIpc) is 2.40. The highest BCUT2D eigenvalue weighted by molar-refractivity contribution is 7.80. The van der Waals surface area contributed by atoms with Gasteiger partial charge in [-0.1, -0.05) is 42.0 Å². The van der Waals surface area contributed by atoms with Gasteiger partial charge < -0.3 is 10.5 Å². The minimum atomic E-state index is -0.450. The summed E-state index contributed by atoms with van der Waals surface area (Å²) in [5, 5.41) is 0.0729. The van der Waals surface area contributed by atoms with Gasteiger partial charge in [-0.15, -0.1) is 0 Å². The second kappa shape index (κ2) is 5.99. The first-order valence-electron chi connectivity index (χ1n) is 5.53. The Morgan fingerprint density at radius 1 is 1.26 bits per heavy atom. The third-order valence-corrected chi connectivity index (χ3v) is 3.04. The number of benzene rings is 2. The van der Waals surface area contributed by atoms with Gasteiger partial charge in [0, 0.05) is 0 Å². The van der Waals surface area contributed by atoms with E-state index in [-0.39, 0.29) is 16.6 Å². The Bertz CT molecular complexity index is 618. The topological polar surface area (TPSA) is 35.2 Å². The molecular formula is C14H11ClFNOS. The molecule has 98 valence electrons. The molecule has 0 spiro atoms. The van der Waals surface area contributed by atoms with Crippen LogP contribution in [-0.4, -0.2) is 4.99 Å². The highest BCUT2D eigenvalue weighted by Crippen LogP contribution is 2.21. The van der Waals surface area contributed by atoms with Crippen molar-refractivity contribution in [1.29, 1.82) is 0 Å².